The molecule has 1 aromatic carbocycles. The first kappa shape index (κ1) is 17.6. The Hall–Kier alpha value is -1.71. The van der Waals surface area contributed by atoms with Gasteiger partial charge in [0, 0.05) is 17.6 Å². The molecule has 0 bridgehead atoms. The van der Waals surface area contributed by atoms with Crippen molar-refractivity contribution in [3.8, 4) is 0 Å². The first-order valence-corrected chi connectivity index (χ1v) is 9.37. The Bertz CT molecular complexity index is 787. The van der Waals surface area contributed by atoms with Crippen molar-refractivity contribution >= 4 is 37.7 Å². The lowest BCUT2D eigenvalue weighted by atomic mass is 10.2. The summed E-state index contributed by atoms with van der Waals surface area (Å²) in [4.78, 5) is 12.0. The van der Waals surface area contributed by atoms with Crippen LogP contribution < -0.4 is 5.32 Å². The van der Waals surface area contributed by atoms with E-state index in [2.05, 4.69) is 26.3 Å². The summed E-state index contributed by atoms with van der Waals surface area (Å²) in [6, 6.07) is 9.43. The van der Waals surface area contributed by atoms with Crippen LogP contribution in [0, 0.1) is 0 Å². The van der Waals surface area contributed by atoms with Crippen LogP contribution in [0.4, 0.5) is 5.82 Å². The monoisotopic (exact) mass is 400 g/mol. The molecule has 124 valence electrons. The zero-order valence-corrected chi connectivity index (χ0v) is 15.1. The van der Waals surface area contributed by atoms with Crippen molar-refractivity contribution in [2.45, 2.75) is 6.54 Å². The number of anilines is 1. The van der Waals surface area contributed by atoms with Crippen LogP contribution in [-0.4, -0.2) is 48.3 Å². The Morgan fingerprint density at radius 1 is 1.30 bits per heavy atom. The van der Waals surface area contributed by atoms with Crippen molar-refractivity contribution in [2.24, 2.45) is 0 Å². The lowest BCUT2D eigenvalue weighted by molar-refractivity contribution is -0.116. The highest BCUT2D eigenvalue weighted by molar-refractivity contribution is 9.10. The predicted octanol–water partition coefficient (Wildman–Crippen LogP) is 1.52. The van der Waals surface area contributed by atoms with Crippen LogP contribution in [-0.2, 0) is 21.4 Å². The van der Waals surface area contributed by atoms with Gasteiger partial charge >= 0.3 is 0 Å². The maximum Gasteiger partial charge on any atom is 0.240 e. The SMILES string of the molecule is CN(CC(=O)Nc1ccnn1Cc1ccc(Br)cc1)S(C)(=O)=O. The Morgan fingerprint density at radius 3 is 2.57 bits per heavy atom. The van der Waals surface area contributed by atoms with Crippen LogP contribution in [0.1, 0.15) is 5.56 Å². The van der Waals surface area contributed by atoms with Crippen molar-refractivity contribution in [1.82, 2.24) is 14.1 Å². The minimum absolute atomic E-state index is 0.248. The van der Waals surface area contributed by atoms with Gasteiger partial charge in [0.1, 0.15) is 5.82 Å². The topological polar surface area (TPSA) is 84.3 Å². The number of amides is 1. The molecule has 1 aromatic heterocycles. The molecule has 7 nitrogen and oxygen atoms in total. The van der Waals surface area contributed by atoms with Gasteiger partial charge in [-0.1, -0.05) is 28.1 Å². The van der Waals surface area contributed by atoms with Crippen molar-refractivity contribution in [1.29, 1.82) is 0 Å². The molecule has 1 N–H and O–H groups in total. The molecule has 1 heterocycles. The summed E-state index contributed by atoms with van der Waals surface area (Å²) in [5, 5.41) is 6.84. The Morgan fingerprint density at radius 2 is 1.96 bits per heavy atom. The number of hydrogen-bond acceptors (Lipinski definition) is 4. The fraction of sp³-hybridized carbons (Fsp3) is 0.286. The summed E-state index contributed by atoms with van der Waals surface area (Å²) in [5.41, 5.74) is 1.03. The molecule has 2 rings (SSSR count). The fourth-order valence-corrected chi connectivity index (χ4v) is 2.45. The number of sulfonamides is 1. The van der Waals surface area contributed by atoms with Gasteiger partial charge in [-0.05, 0) is 17.7 Å². The van der Waals surface area contributed by atoms with Crippen LogP contribution in [0.2, 0.25) is 0 Å². The number of nitrogens with one attached hydrogen (secondary N) is 1. The average Bonchev–Trinajstić information content (AvgIpc) is 2.87. The molecular weight excluding hydrogens is 384 g/mol. The number of hydrogen-bond donors (Lipinski definition) is 1. The summed E-state index contributed by atoms with van der Waals surface area (Å²) in [6.07, 6.45) is 2.63. The highest BCUT2D eigenvalue weighted by Crippen LogP contribution is 2.14. The summed E-state index contributed by atoms with van der Waals surface area (Å²) in [7, 11) is -2.04. The number of halogens is 1. The minimum atomic E-state index is -3.39. The molecule has 0 aliphatic carbocycles. The van der Waals surface area contributed by atoms with E-state index >= 15 is 0 Å². The van der Waals surface area contributed by atoms with Gasteiger partial charge in [0.2, 0.25) is 15.9 Å². The summed E-state index contributed by atoms with van der Waals surface area (Å²) < 4.78 is 26.3. The van der Waals surface area contributed by atoms with Crippen LogP contribution in [0.15, 0.2) is 41.0 Å². The molecule has 0 saturated heterocycles. The second-order valence-electron chi connectivity index (χ2n) is 5.07. The van der Waals surface area contributed by atoms with Crippen molar-refractivity contribution in [2.75, 3.05) is 25.2 Å². The van der Waals surface area contributed by atoms with E-state index in [1.165, 1.54) is 7.05 Å². The molecule has 0 aliphatic rings. The average molecular weight is 401 g/mol. The zero-order chi connectivity index (χ0) is 17.0. The third-order valence-corrected chi connectivity index (χ3v) is 4.95. The molecule has 23 heavy (non-hydrogen) atoms. The van der Waals surface area contributed by atoms with E-state index in [4.69, 9.17) is 0 Å². The highest BCUT2D eigenvalue weighted by Gasteiger charge is 2.16. The molecule has 0 saturated carbocycles. The van der Waals surface area contributed by atoms with Gasteiger partial charge in [-0.25, -0.2) is 13.1 Å². The van der Waals surface area contributed by atoms with Crippen molar-refractivity contribution in [3.63, 3.8) is 0 Å². The number of benzene rings is 1. The zero-order valence-electron chi connectivity index (χ0n) is 12.7. The fourth-order valence-electron chi connectivity index (χ4n) is 1.83. The summed E-state index contributed by atoms with van der Waals surface area (Å²) in [6.45, 7) is 0.250. The van der Waals surface area contributed by atoms with Gasteiger partial charge in [-0.2, -0.15) is 9.40 Å². The standard InChI is InChI=1S/C14H17BrN4O3S/c1-18(23(2,21)22)10-14(20)17-13-7-8-16-19(13)9-11-3-5-12(15)6-4-11/h3-8H,9-10H2,1-2H3,(H,17,20). The number of carbonyl (C=O) groups excluding carboxylic acids is 1. The van der Waals surface area contributed by atoms with Crippen LogP contribution >= 0.6 is 15.9 Å². The minimum Gasteiger partial charge on any atom is -0.310 e. The third kappa shape index (κ3) is 5.15. The van der Waals surface area contributed by atoms with Crippen LogP contribution in [0.25, 0.3) is 0 Å². The Kier molecular flexibility index (Phi) is 5.55. The van der Waals surface area contributed by atoms with Crippen LogP contribution in [0.3, 0.4) is 0 Å². The van der Waals surface area contributed by atoms with E-state index in [9.17, 15) is 13.2 Å². The molecule has 0 fully saturated rings. The van der Waals surface area contributed by atoms with Crippen molar-refractivity contribution < 1.29 is 13.2 Å². The van der Waals surface area contributed by atoms with Gasteiger partial charge in [0.05, 0.1) is 25.5 Å². The molecule has 0 radical (unpaired) electrons. The molecule has 9 heteroatoms. The highest BCUT2D eigenvalue weighted by atomic mass is 79.9. The quantitative estimate of drug-likeness (QED) is 0.796. The van der Waals surface area contributed by atoms with E-state index in [-0.39, 0.29) is 6.54 Å². The van der Waals surface area contributed by atoms with Crippen LogP contribution in [0.5, 0.6) is 0 Å². The van der Waals surface area contributed by atoms with Gasteiger partial charge < -0.3 is 5.32 Å². The van der Waals surface area contributed by atoms with E-state index in [0.717, 1.165) is 20.6 Å². The number of rotatable bonds is 6. The third-order valence-electron chi connectivity index (χ3n) is 3.16. The van der Waals surface area contributed by atoms with Gasteiger partial charge in [-0.15, -0.1) is 0 Å². The second kappa shape index (κ2) is 7.24. The lowest BCUT2D eigenvalue weighted by Crippen LogP contribution is -2.34. The van der Waals surface area contributed by atoms with E-state index in [1.54, 1.807) is 16.9 Å². The number of aromatic nitrogens is 2. The summed E-state index contributed by atoms with van der Waals surface area (Å²) >= 11 is 3.38. The molecule has 1 amide bonds. The number of nitrogens with zero attached hydrogens (tertiary/aromatic N) is 3. The number of likely N-dealkylation sites (N-methyl/N-ethyl adjacent to an activating group) is 1. The van der Waals surface area contributed by atoms with E-state index in [1.807, 2.05) is 24.3 Å². The molecule has 0 unspecified atom stereocenters. The normalized spacial score (nSPS) is 11.7. The second-order valence-corrected chi connectivity index (χ2v) is 8.07. The first-order chi connectivity index (χ1) is 10.8. The number of carbonyl (C=O) groups is 1. The smallest absolute Gasteiger partial charge is 0.240 e. The predicted molar refractivity (Wildman–Crippen MR) is 91.6 cm³/mol. The van der Waals surface area contributed by atoms with Gasteiger partial charge in [0.15, 0.2) is 0 Å². The maximum atomic E-state index is 12.0. The lowest BCUT2D eigenvalue weighted by Gasteiger charge is -2.14. The first-order valence-electron chi connectivity index (χ1n) is 6.73. The molecule has 0 spiro atoms. The largest absolute Gasteiger partial charge is 0.310 e. The Labute approximate surface area is 143 Å². The van der Waals surface area contributed by atoms with Gasteiger partial charge in [0.25, 0.3) is 0 Å². The molecule has 0 atom stereocenters. The molecule has 2 aromatic rings. The summed E-state index contributed by atoms with van der Waals surface area (Å²) in [5.74, 6) is 0.0929. The van der Waals surface area contributed by atoms with E-state index < -0.39 is 15.9 Å². The van der Waals surface area contributed by atoms with Gasteiger partial charge in [-0.3, -0.25) is 4.79 Å². The molecular formula is C14H17BrN4O3S. The Balaban J connectivity index is 2.03. The molecule has 0 aliphatic heterocycles. The van der Waals surface area contributed by atoms with E-state index in [0.29, 0.717) is 12.4 Å². The van der Waals surface area contributed by atoms with Crippen molar-refractivity contribution in [3.05, 3.63) is 46.6 Å². The maximum absolute atomic E-state index is 12.0.